The van der Waals surface area contributed by atoms with Crippen molar-refractivity contribution in [1.29, 1.82) is 0 Å². The fourth-order valence-corrected chi connectivity index (χ4v) is 4.05. The van der Waals surface area contributed by atoms with Crippen molar-refractivity contribution >= 4 is 5.91 Å². The fraction of sp³-hybridized carbons (Fsp3) is 0.632. The van der Waals surface area contributed by atoms with Crippen molar-refractivity contribution in [3.63, 3.8) is 0 Å². The quantitative estimate of drug-likeness (QED) is 0.921. The Hall–Kier alpha value is -1.42. The Labute approximate surface area is 138 Å². The number of hydrogen-bond acceptors (Lipinski definition) is 2. The van der Waals surface area contributed by atoms with E-state index < -0.39 is 0 Å². The van der Waals surface area contributed by atoms with E-state index in [0.29, 0.717) is 18.3 Å². The van der Waals surface area contributed by atoms with E-state index in [1.165, 1.54) is 18.9 Å². The molecule has 3 atom stereocenters. The van der Waals surface area contributed by atoms with Crippen molar-refractivity contribution in [3.8, 4) is 0 Å². The summed E-state index contributed by atoms with van der Waals surface area (Å²) in [4.78, 5) is 14.8. The summed E-state index contributed by atoms with van der Waals surface area (Å²) in [7, 11) is 0. The molecule has 0 spiro atoms. The van der Waals surface area contributed by atoms with Gasteiger partial charge in [0.15, 0.2) is 0 Å². The maximum absolute atomic E-state index is 13.5. The average Bonchev–Trinajstić information content (AvgIpc) is 3.05. The van der Waals surface area contributed by atoms with Crippen molar-refractivity contribution in [2.75, 3.05) is 19.6 Å². The summed E-state index contributed by atoms with van der Waals surface area (Å²) in [5, 5.41) is 3.43. The minimum Gasteiger partial charge on any atom is -0.336 e. The molecule has 0 aromatic heterocycles. The smallest absolute Gasteiger partial charge is 0.223 e. The van der Waals surface area contributed by atoms with Gasteiger partial charge in [-0.1, -0.05) is 19.1 Å². The van der Waals surface area contributed by atoms with Crippen LogP contribution in [0.5, 0.6) is 0 Å². The Morgan fingerprint density at radius 3 is 3.00 bits per heavy atom. The largest absolute Gasteiger partial charge is 0.336 e. The number of rotatable bonds is 4. The normalized spacial score (nSPS) is 26.3. The van der Waals surface area contributed by atoms with Gasteiger partial charge in [0.2, 0.25) is 5.91 Å². The lowest BCUT2D eigenvalue weighted by Gasteiger charge is -2.31. The Balaban J connectivity index is 1.63. The molecule has 2 saturated heterocycles. The molecule has 0 radical (unpaired) electrons. The summed E-state index contributed by atoms with van der Waals surface area (Å²) in [6, 6.07) is 6.76. The second-order valence-electron chi connectivity index (χ2n) is 7.09. The molecule has 1 N–H and O–H groups in total. The van der Waals surface area contributed by atoms with E-state index in [1.807, 2.05) is 11.0 Å². The van der Waals surface area contributed by atoms with Crippen LogP contribution in [0.2, 0.25) is 0 Å². The van der Waals surface area contributed by atoms with E-state index in [1.54, 1.807) is 12.1 Å². The lowest BCUT2D eigenvalue weighted by molar-refractivity contribution is -0.133. The van der Waals surface area contributed by atoms with Gasteiger partial charge in [0.1, 0.15) is 5.82 Å². The lowest BCUT2D eigenvalue weighted by Crippen LogP contribution is -2.37. The molecule has 3 unspecified atom stereocenters. The summed E-state index contributed by atoms with van der Waals surface area (Å²) in [5.74, 6) is 1.02. The van der Waals surface area contributed by atoms with E-state index in [4.69, 9.17) is 0 Å². The zero-order valence-corrected chi connectivity index (χ0v) is 13.9. The van der Waals surface area contributed by atoms with Crippen LogP contribution in [0.15, 0.2) is 24.3 Å². The molecule has 126 valence electrons. The van der Waals surface area contributed by atoms with E-state index >= 15 is 0 Å². The van der Waals surface area contributed by atoms with Gasteiger partial charge in [0.05, 0.1) is 6.04 Å². The first-order chi connectivity index (χ1) is 11.1. The zero-order valence-electron chi connectivity index (χ0n) is 13.9. The van der Waals surface area contributed by atoms with Crippen molar-refractivity contribution in [3.05, 3.63) is 35.6 Å². The van der Waals surface area contributed by atoms with Crippen molar-refractivity contribution in [2.24, 2.45) is 11.8 Å². The molecule has 2 fully saturated rings. The highest BCUT2D eigenvalue weighted by molar-refractivity contribution is 5.77. The number of amides is 1. The average molecular weight is 318 g/mol. The van der Waals surface area contributed by atoms with E-state index in [0.717, 1.165) is 38.0 Å². The SMILES string of the molecule is CC(CC(=O)N1CCCC1c1cccc(F)c1)C1CCCNC1. The minimum absolute atomic E-state index is 0.0508. The Morgan fingerprint density at radius 2 is 2.26 bits per heavy atom. The molecule has 0 aliphatic carbocycles. The first kappa shape index (κ1) is 16.4. The Morgan fingerprint density at radius 1 is 1.39 bits per heavy atom. The van der Waals surface area contributed by atoms with Crippen LogP contribution in [0.25, 0.3) is 0 Å². The Kier molecular flexibility index (Phi) is 5.31. The molecular weight excluding hydrogens is 291 g/mol. The number of nitrogens with one attached hydrogen (secondary N) is 1. The number of nitrogens with zero attached hydrogens (tertiary/aromatic N) is 1. The summed E-state index contributed by atoms with van der Waals surface area (Å²) < 4.78 is 13.5. The molecule has 3 nitrogen and oxygen atoms in total. The minimum atomic E-state index is -0.219. The number of halogens is 1. The van der Waals surface area contributed by atoms with Crippen LogP contribution in [0, 0.1) is 17.7 Å². The van der Waals surface area contributed by atoms with E-state index in [-0.39, 0.29) is 17.8 Å². The van der Waals surface area contributed by atoms with Crippen LogP contribution in [-0.4, -0.2) is 30.4 Å². The second kappa shape index (κ2) is 7.43. The zero-order chi connectivity index (χ0) is 16.2. The fourth-order valence-electron chi connectivity index (χ4n) is 4.05. The highest BCUT2D eigenvalue weighted by Gasteiger charge is 2.32. The topological polar surface area (TPSA) is 32.3 Å². The number of likely N-dealkylation sites (tertiary alicyclic amines) is 1. The van der Waals surface area contributed by atoms with E-state index in [2.05, 4.69) is 12.2 Å². The van der Waals surface area contributed by atoms with Gasteiger partial charge in [-0.25, -0.2) is 4.39 Å². The predicted octanol–water partition coefficient (Wildman–Crippen LogP) is 3.52. The molecule has 0 bridgehead atoms. The Bertz CT molecular complexity index is 542. The third-order valence-corrected chi connectivity index (χ3v) is 5.44. The molecule has 2 aliphatic rings. The summed E-state index contributed by atoms with van der Waals surface area (Å²) in [6.07, 6.45) is 4.98. The standard InChI is InChI=1S/C19H27FN2O/c1-14(16-6-3-9-21-13-16)11-19(23)22-10-4-8-18(22)15-5-2-7-17(20)12-15/h2,5,7,12,14,16,18,21H,3-4,6,8-11,13H2,1H3. The molecule has 4 heteroatoms. The van der Waals surface area contributed by atoms with Gasteiger partial charge >= 0.3 is 0 Å². The molecular formula is C19H27FN2O. The molecule has 1 aromatic carbocycles. The van der Waals surface area contributed by atoms with Crippen molar-refractivity contribution < 1.29 is 9.18 Å². The van der Waals surface area contributed by atoms with Crippen LogP contribution >= 0.6 is 0 Å². The van der Waals surface area contributed by atoms with Crippen LogP contribution in [-0.2, 0) is 4.79 Å². The van der Waals surface area contributed by atoms with Gasteiger partial charge in [-0.05, 0) is 68.3 Å². The lowest BCUT2D eigenvalue weighted by atomic mass is 9.85. The molecule has 3 rings (SSSR count). The van der Waals surface area contributed by atoms with Gasteiger partial charge in [-0.3, -0.25) is 4.79 Å². The number of benzene rings is 1. The number of hydrogen-bond donors (Lipinski definition) is 1. The van der Waals surface area contributed by atoms with Crippen LogP contribution in [0.4, 0.5) is 4.39 Å². The van der Waals surface area contributed by atoms with Gasteiger partial charge in [0, 0.05) is 13.0 Å². The number of piperidine rings is 1. The first-order valence-corrected chi connectivity index (χ1v) is 8.91. The van der Waals surface area contributed by atoms with Gasteiger partial charge in [-0.15, -0.1) is 0 Å². The number of carbonyl (C=O) groups excluding carboxylic acids is 1. The summed E-state index contributed by atoms with van der Waals surface area (Å²) in [6.45, 7) is 5.13. The highest BCUT2D eigenvalue weighted by atomic mass is 19.1. The third kappa shape index (κ3) is 3.92. The number of carbonyl (C=O) groups is 1. The first-order valence-electron chi connectivity index (χ1n) is 8.91. The maximum atomic E-state index is 13.5. The monoisotopic (exact) mass is 318 g/mol. The third-order valence-electron chi connectivity index (χ3n) is 5.44. The van der Waals surface area contributed by atoms with Gasteiger partial charge < -0.3 is 10.2 Å². The highest BCUT2D eigenvalue weighted by Crippen LogP contribution is 2.34. The molecule has 2 aliphatic heterocycles. The maximum Gasteiger partial charge on any atom is 0.223 e. The predicted molar refractivity (Wildman–Crippen MR) is 89.5 cm³/mol. The molecule has 1 amide bonds. The summed E-state index contributed by atoms with van der Waals surface area (Å²) in [5.41, 5.74) is 0.933. The van der Waals surface area contributed by atoms with Crippen LogP contribution in [0.3, 0.4) is 0 Å². The van der Waals surface area contributed by atoms with Crippen molar-refractivity contribution in [2.45, 2.75) is 45.1 Å². The molecule has 0 saturated carbocycles. The second-order valence-corrected chi connectivity index (χ2v) is 7.09. The summed E-state index contributed by atoms with van der Waals surface area (Å²) >= 11 is 0. The molecule has 2 heterocycles. The van der Waals surface area contributed by atoms with E-state index in [9.17, 15) is 9.18 Å². The molecule has 23 heavy (non-hydrogen) atoms. The van der Waals surface area contributed by atoms with Gasteiger partial charge in [-0.2, -0.15) is 0 Å². The molecule has 1 aromatic rings. The van der Waals surface area contributed by atoms with Crippen molar-refractivity contribution in [1.82, 2.24) is 10.2 Å². The van der Waals surface area contributed by atoms with Crippen LogP contribution in [0.1, 0.15) is 50.6 Å². The van der Waals surface area contributed by atoms with Crippen LogP contribution < -0.4 is 5.32 Å². The van der Waals surface area contributed by atoms with Gasteiger partial charge in [0.25, 0.3) is 0 Å².